The molecule has 1 atom stereocenters. The van der Waals surface area contributed by atoms with Crippen LogP contribution in [-0.4, -0.2) is 26.8 Å². The van der Waals surface area contributed by atoms with Gasteiger partial charge in [0.1, 0.15) is 0 Å². The van der Waals surface area contributed by atoms with Crippen molar-refractivity contribution in [2.24, 2.45) is 11.7 Å². The maximum Gasteiger partial charge on any atom is 0.341 e. The first kappa shape index (κ1) is 16.8. The van der Waals surface area contributed by atoms with Gasteiger partial charge in [-0.1, -0.05) is 13.8 Å². The van der Waals surface area contributed by atoms with Gasteiger partial charge in [0.15, 0.2) is 0 Å². The van der Waals surface area contributed by atoms with Crippen molar-refractivity contribution in [2.75, 3.05) is 11.9 Å². The highest BCUT2D eigenvalue weighted by Gasteiger charge is 2.26. The van der Waals surface area contributed by atoms with Crippen LogP contribution < -0.4 is 11.1 Å². The Morgan fingerprint density at radius 2 is 1.75 bits per heavy atom. The monoisotopic (exact) mass is 306 g/mol. The first-order chi connectivity index (χ1) is 9.28. The van der Waals surface area contributed by atoms with Gasteiger partial charge in [0.25, 0.3) is 0 Å². The molecule has 0 saturated heterocycles. The molecular weight excluding hydrogens is 286 g/mol. The topological polar surface area (TPSA) is 72.2 Å². The van der Waals surface area contributed by atoms with Crippen molar-refractivity contribution in [1.82, 2.24) is 0 Å². The molecule has 0 fully saturated rings. The molecule has 0 saturated carbocycles. The molecule has 0 radical (unpaired) electrons. The summed E-state index contributed by atoms with van der Waals surface area (Å²) >= 11 is 0. The van der Waals surface area contributed by atoms with Crippen LogP contribution in [0, 0.1) is 5.92 Å². The van der Waals surface area contributed by atoms with E-state index < -0.39 is 15.6 Å². The first-order valence-electron chi connectivity index (χ1n) is 6.37. The van der Waals surface area contributed by atoms with E-state index in [1.165, 1.54) is 24.3 Å². The number of hydrogen-bond acceptors (Lipinski definition) is 4. The van der Waals surface area contributed by atoms with Gasteiger partial charge in [-0.25, -0.2) is 8.42 Å². The summed E-state index contributed by atoms with van der Waals surface area (Å²) in [6.07, 6.45) is 0.773. The maximum absolute atomic E-state index is 12.4. The Morgan fingerprint density at radius 3 is 2.15 bits per heavy atom. The second-order valence-electron chi connectivity index (χ2n) is 4.90. The number of benzene rings is 1. The van der Waals surface area contributed by atoms with E-state index in [0.717, 1.165) is 6.42 Å². The summed E-state index contributed by atoms with van der Waals surface area (Å²) in [7, 11) is -4.53. The standard InChI is InChI=1S/C13H20F2N2O2S/c1-9(2)12(7-8-16)17-10-3-5-11(6-4-10)20(18,19)13(14)15/h3-6,9,12-13,17H,7-8,16H2,1-2H3. The molecule has 1 aromatic rings. The van der Waals surface area contributed by atoms with E-state index in [2.05, 4.69) is 5.32 Å². The highest BCUT2D eigenvalue weighted by molar-refractivity contribution is 7.91. The Bertz CT molecular complexity index is 516. The van der Waals surface area contributed by atoms with E-state index in [-0.39, 0.29) is 10.9 Å². The van der Waals surface area contributed by atoms with Crippen LogP contribution in [0.25, 0.3) is 0 Å². The zero-order valence-corrected chi connectivity index (χ0v) is 12.3. The highest BCUT2D eigenvalue weighted by atomic mass is 32.2. The number of nitrogens with two attached hydrogens (primary N) is 1. The van der Waals surface area contributed by atoms with Crippen molar-refractivity contribution in [3.05, 3.63) is 24.3 Å². The third-order valence-electron chi connectivity index (χ3n) is 3.05. The fraction of sp³-hybridized carbons (Fsp3) is 0.538. The Kier molecular flexibility index (Phi) is 5.88. The van der Waals surface area contributed by atoms with Gasteiger partial charge in [0.2, 0.25) is 9.84 Å². The number of halogens is 2. The maximum atomic E-state index is 12.4. The molecule has 1 aromatic carbocycles. The minimum Gasteiger partial charge on any atom is -0.382 e. The summed E-state index contributed by atoms with van der Waals surface area (Å²) in [6, 6.07) is 5.49. The van der Waals surface area contributed by atoms with Crippen LogP contribution >= 0.6 is 0 Å². The molecule has 0 aromatic heterocycles. The minimum atomic E-state index is -4.53. The predicted molar refractivity (Wildman–Crippen MR) is 75.6 cm³/mol. The quantitative estimate of drug-likeness (QED) is 0.811. The molecule has 0 aliphatic rings. The smallest absolute Gasteiger partial charge is 0.341 e. The van der Waals surface area contributed by atoms with E-state index in [9.17, 15) is 17.2 Å². The summed E-state index contributed by atoms with van der Waals surface area (Å²) < 4.78 is 47.4. The molecule has 4 nitrogen and oxygen atoms in total. The van der Waals surface area contributed by atoms with Crippen LogP contribution in [0.1, 0.15) is 20.3 Å². The van der Waals surface area contributed by atoms with Crippen LogP contribution in [0.2, 0.25) is 0 Å². The van der Waals surface area contributed by atoms with Gasteiger partial charge in [0.05, 0.1) is 4.90 Å². The second-order valence-corrected chi connectivity index (χ2v) is 6.82. The fourth-order valence-electron chi connectivity index (χ4n) is 1.81. The molecule has 1 unspecified atom stereocenters. The van der Waals surface area contributed by atoms with Gasteiger partial charge < -0.3 is 11.1 Å². The van der Waals surface area contributed by atoms with E-state index in [1.54, 1.807) is 0 Å². The molecule has 7 heteroatoms. The van der Waals surface area contributed by atoms with Crippen molar-refractivity contribution >= 4 is 15.5 Å². The predicted octanol–water partition coefficient (Wildman–Crippen LogP) is 2.47. The molecule has 3 N–H and O–H groups in total. The number of anilines is 1. The fourth-order valence-corrected chi connectivity index (χ4v) is 2.53. The molecular formula is C13H20F2N2O2S. The molecule has 1 rings (SSSR count). The largest absolute Gasteiger partial charge is 0.382 e. The lowest BCUT2D eigenvalue weighted by atomic mass is 10.0. The Balaban J connectivity index is 2.86. The van der Waals surface area contributed by atoms with Crippen LogP contribution in [0.3, 0.4) is 0 Å². The molecule has 0 spiro atoms. The minimum absolute atomic E-state index is 0.151. The Labute approximate surface area is 118 Å². The lowest BCUT2D eigenvalue weighted by molar-refractivity contribution is 0.234. The molecule has 0 bridgehead atoms. The molecule has 0 aliphatic carbocycles. The van der Waals surface area contributed by atoms with E-state index in [4.69, 9.17) is 5.73 Å². The van der Waals surface area contributed by atoms with Gasteiger partial charge in [-0.3, -0.25) is 0 Å². The van der Waals surface area contributed by atoms with Gasteiger partial charge >= 0.3 is 5.76 Å². The summed E-state index contributed by atoms with van der Waals surface area (Å²) in [4.78, 5) is -0.377. The second kappa shape index (κ2) is 6.99. The normalized spacial score (nSPS) is 13.8. The zero-order chi connectivity index (χ0) is 15.3. The van der Waals surface area contributed by atoms with Crippen molar-refractivity contribution in [3.63, 3.8) is 0 Å². The van der Waals surface area contributed by atoms with Gasteiger partial charge in [-0.05, 0) is 43.1 Å². The number of alkyl halides is 2. The van der Waals surface area contributed by atoms with Crippen LogP contribution in [0.4, 0.5) is 14.5 Å². The van der Waals surface area contributed by atoms with Crippen molar-refractivity contribution in [3.8, 4) is 0 Å². The van der Waals surface area contributed by atoms with Crippen LogP contribution in [0.15, 0.2) is 29.2 Å². The highest BCUT2D eigenvalue weighted by Crippen LogP contribution is 2.21. The number of sulfone groups is 1. The number of nitrogens with one attached hydrogen (secondary N) is 1. The third-order valence-corrected chi connectivity index (χ3v) is 4.45. The van der Waals surface area contributed by atoms with E-state index in [1.807, 2.05) is 13.8 Å². The lowest BCUT2D eigenvalue weighted by Gasteiger charge is -2.23. The molecule has 0 heterocycles. The first-order valence-corrected chi connectivity index (χ1v) is 7.92. The van der Waals surface area contributed by atoms with Crippen LogP contribution in [0.5, 0.6) is 0 Å². The van der Waals surface area contributed by atoms with Gasteiger partial charge in [0, 0.05) is 11.7 Å². The van der Waals surface area contributed by atoms with E-state index >= 15 is 0 Å². The lowest BCUT2D eigenvalue weighted by Crippen LogP contribution is -2.28. The molecule has 0 amide bonds. The van der Waals surface area contributed by atoms with Crippen LogP contribution in [-0.2, 0) is 9.84 Å². The van der Waals surface area contributed by atoms with Gasteiger partial charge in [-0.2, -0.15) is 8.78 Å². The molecule has 114 valence electrons. The molecule has 20 heavy (non-hydrogen) atoms. The average molecular weight is 306 g/mol. The Morgan fingerprint density at radius 1 is 1.20 bits per heavy atom. The summed E-state index contributed by atoms with van der Waals surface area (Å²) in [5, 5.41) is 3.22. The third kappa shape index (κ3) is 4.14. The zero-order valence-electron chi connectivity index (χ0n) is 11.5. The van der Waals surface area contributed by atoms with Crippen molar-refractivity contribution in [2.45, 2.75) is 37.0 Å². The number of hydrogen-bond donors (Lipinski definition) is 2. The SMILES string of the molecule is CC(C)C(CCN)Nc1ccc(S(=O)(=O)C(F)F)cc1. The summed E-state index contributed by atoms with van der Waals surface area (Å²) in [5.41, 5.74) is 6.22. The van der Waals surface area contributed by atoms with Crippen molar-refractivity contribution < 1.29 is 17.2 Å². The Hall–Kier alpha value is -1.21. The van der Waals surface area contributed by atoms with Crippen molar-refractivity contribution in [1.29, 1.82) is 0 Å². The number of rotatable bonds is 7. The summed E-state index contributed by atoms with van der Waals surface area (Å²) in [5.74, 6) is -3.05. The molecule has 0 aliphatic heterocycles. The summed E-state index contributed by atoms with van der Waals surface area (Å²) in [6.45, 7) is 4.62. The van der Waals surface area contributed by atoms with E-state index in [0.29, 0.717) is 18.2 Å². The van der Waals surface area contributed by atoms with Gasteiger partial charge in [-0.15, -0.1) is 0 Å². The average Bonchev–Trinajstić information content (AvgIpc) is 2.38.